The lowest BCUT2D eigenvalue weighted by molar-refractivity contribution is 0.604. The van der Waals surface area contributed by atoms with Gasteiger partial charge in [-0.1, -0.05) is 29.8 Å². The van der Waals surface area contributed by atoms with Gasteiger partial charge in [0.1, 0.15) is 11.5 Å². The molecule has 0 unspecified atom stereocenters. The lowest BCUT2D eigenvalue weighted by Crippen LogP contribution is -2.20. The number of benzene rings is 2. The molecule has 0 saturated carbocycles. The minimum Gasteiger partial charge on any atom is -0.339 e. The number of aromatic amines is 1. The zero-order valence-corrected chi connectivity index (χ0v) is 19.6. The summed E-state index contributed by atoms with van der Waals surface area (Å²) >= 11 is 0. The number of rotatable bonds is 6. The number of hydrogen-bond donors (Lipinski definition) is 2. The molecular weight excluding hydrogens is 427 g/mol. The molecule has 2 aromatic heterocycles. The number of aromatic nitrogens is 3. The number of nitrogens with zero attached hydrogens (tertiary/aromatic N) is 2. The van der Waals surface area contributed by atoms with E-state index in [1.54, 1.807) is 6.20 Å². The molecule has 1 aliphatic carbocycles. The lowest BCUT2D eigenvalue weighted by atomic mass is 9.87. The van der Waals surface area contributed by atoms with E-state index in [0.29, 0.717) is 23.3 Å². The van der Waals surface area contributed by atoms with E-state index in [1.807, 2.05) is 56.3 Å². The number of hydrogen-bond acceptors (Lipinski definition) is 3. The molecule has 3 N–H and O–H groups in total. The molecule has 1 aliphatic rings. The van der Waals surface area contributed by atoms with Gasteiger partial charge in [-0.2, -0.15) is 4.98 Å². The highest BCUT2D eigenvalue weighted by Crippen LogP contribution is 2.35. The van der Waals surface area contributed by atoms with Crippen molar-refractivity contribution in [3.05, 3.63) is 87.2 Å². The van der Waals surface area contributed by atoms with E-state index in [2.05, 4.69) is 16.0 Å². The van der Waals surface area contributed by atoms with Gasteiger partial charge in [-0.25, -0.2) is 9.18 Å². The molecule has 5 nitrogen and oxygen atoms in total. The number of aryl methyl sites for hydroxylation is 2. The van der Waals surface area contributed by atoms with Gasteiger partial charge < -0.3 is 10.7 Å². The van der Waals surface area contributed by atoms with Crippen LogP contribution in [0.5, 0.6) is 0 Å². The van der Waals surface area contributed by atoms with Crippen molar-refractivity contribution < 1.29 is 4.39 Å². The Morgan fingerprint density at radius 3 is 2.79 bits per heavy atom. The third kappa shape index (κ3) is 4.21. The van der Waals surface area contributed by atoms with Crippen molar-refractivity contribution in [2.45, 2.75) is 52.0 Å². The second kappa shape index (κ2) is 9.03. The van der Waals surface area contributed by atoms with Crippen LogP contribution in [-0.2, 0) is 12.8 Å². The maximum absolute atomic E-state index is 15.7. The summed E-state index contributed by atoms with van der Waals surface area (Å²) in [7, 11) is 0. The van der Waals surface area contributed by atoms with E-state index in [4.69, 9.17) is 5.73 Å². The quantitative estimate of drug-likeness (QED) is 0.405. The SMILES string of the molecule is Cc1ccc(-n2cc3cc(-c4cc(CCC[C@H](C)N)c5c(c4F)CCC=C5)[nH]c3nc2=O)cc1. The van der Waals surface area contributed by atoms with Crippen LogP contribution in [0.4, 0.5) is 4.39 Å². The molecule has 174 valence electrons. The Labute approximate surface area is 198 Å². The van der Waals surface area contributed by atoms with E-state index >= 15 is 4.39 Å². The zero-order valence-electron chi connectivity index (χ0n) is 19.6. The van der Waals surface area contributed by atoms with Crippen LogP contribution in [-0.4, -0.2) is 20.6 Å². The van der Waals surface area contributed by atoms with Crippen LogP contribution in [0.3, 0.4) is 0 Å². The van der Waals surface area contributed by atoms with Gasteiger partial charge in [0.2, 0.25) is 0 Å². The highest BCUT2D eigenvalue weighted by molar-refractivity contribution is 5.83. The van der Waals surface area contributed by atoms with Gasteiger partial charge in [-0.3, -0.25) is 4.57 Å². The average molecular weight is 457 g/mol. The first-order valence-corrected chi connectivity index (χ1v) is 11.9. The Kier molecular flexibility index (Phi) is 5.92. The molecule has 2 aromatic carbocycles. The second-order valence-electron chi connectivity index (χ2n) is 9.32. The molecule has 0 aliphatic heterocycles. The van der Waals surface area contributed by atoms with Crippen molar-refractivity contribution in [3.63, 3.8) is 0 Å². The smallest absolute Gasteiger partial charge is 0.339 e. The fourth-order valence-electron chi connectivity index (χ4n) is 4.72. The van der Waals surface area contributed by atoms with E-state index in [1.165, 1.54) is 4.57 Å². The summed E-state index contributed by atoms with van der Waals surface area (Å²) in [6.07, 6.45) is 10.2. The van der Waals surface area contributed by atoms with Crippen molar-refractivity contribution in [2.75, 3.05) is 0 Å². The van der Waals surface area contributed by atoms with Gasteiger partial charge >= 0.3 is 5.69 Å². The van der Waals surface area contributed by atoms with Gasteiger partial charge in [0.25, 0.3) is 0 Å². The summed E-state index contributed by atoms with van der Waals surface area (Å²) in [5.74, 6) is -0.199. The van der Waals surface area contributed by atoms with Crippen LogP contribution >= 0.6 is 0 Å². The van der Waals surface area contributed by atoms with Gasteiger partial charge in [0.05, 0.1) is 11.4 Å². The second-order valence-corrected chi connectivity index (χ2v) is 9.32. The molecule has 0 spiro atoms. The van der Waals surface area contributed by atoms with E-state index < -0.39 is 0 Å². The first-order valence-electron chi connectivity index (χ1n) is 11.9. The Morgan fingerprint density at radius 1 is 1.24 bits per heavy atom. The fraction of sp³-hybridized carbons (Fsp3) is 0.286. The molecule has 0 bridgehead atoms. The van der Waals surface area contributed by atoms with Crippen molar-refractivity contribution in [2.24, 2.45) is 5.73 Å². The summed E-state index contributed by atoms with van der Waals surface area (Å²) in [5, 5.41) is 0.755. The van der Waals surface area contributed by atoms with Gasteiger partial charge in [-0.15, -0.1) is 0 Å². The highest BCUT2D eigenvalue weighted by atomic mass is 19.1. The van der Waals surface area contributed by atoms with Crippen LogP contribution in [0.2, 0.25) is 0 Å². The van der Waals surface area contributed by atoms with Crippen LogP contribution in [0, 0.1) is 12.7 Å². The Morgan fingerprint density at radius 2 is 2.03 bits per heavy atom. The standard InChI is InChI=1S/C28H29FN4O/c1-17-10-12-21(13-11-17)33-16-20-15-25(31-27(20)32-28(33)34)24-14-19(7-5-6-18(2)30)22-8-3-4-9-23(22)26(24)29/h3,8,10-16,18H,4-7,9,30H2,1-2H3,(H,31,32,34)/t18-/m0/s1. The molecular formula is C28H29FN4O. The van der Waals surface area contributed by atoms with E-state index in [9.17, 15) is 4.79 Å². The molecule has 34 heavy (non-hydrogen) atoms. The Hall–Kier alpha value is -3.51. The van der Waals surface area contributed by atoms with Crippen molar-refractivity contribution in [3.8, 4) is 16.9 Å². The molecule has 2 heterocycles. The summed E-state index contributed by atoms with van der Waals surface area (Å²) in [6.45, 7) is 4.01. The molecule has 5 rings (SSSR count). The van der Waals surface area contributed by atoms with Crippen LogP contribution in [0.1, 0.15) is 48.4 Å². The molecule has 4 aromatic rings. The molecule has 0 radical (unpaired) electrons. The molecule has 1 atom stereocenters. The summed E-state index contributed by atoms with van der Waals surface area (Å²) in [4.78, 5) is 20.1. The van der Waals surface area contributed by atoms with Crippen LogP contribution < -0.4 is 11.4 Å². The van der Waals surface area contributed by atoms with E-state index in [-0.39, 0.29) is 17.5 Å². The largest absolute Gasteiger partial charge is 0.354 e. The van der Waals surface area contributed by atoms with Gasteiger partial charge in [-0.05, 0) is 86.9 Å². The minimum absolute atomic E-state index is 0.146. The average Bonchev–Trinajstić information content (AvgIpc) is 3.23. The van der Waals surface area contributed by atoms with Gasteiger partial charge in [0.15, 0.2) is 0 Å². The zero-order chi connectivity index (χ0) is 23.8. The molecule has 6 heteroatoms. The third-order valence-corrected chi connectivity index (χ3v) is 6.55. The predicted octanol–water partition coefficient (Wildman–Crippen LogP) is 5.46. The first-order chi connectivity index (χ1) is 16.4. The number of nitrogens with one attached hydrogen (secondary N) is 1. The monoisotopic (exact) mass is 456 g/mol. The predicted molar refractivity (Wildman–Crippen MR) is 136 cm³/mol. The summed E-state index contributed by atoms with van der Waals surface area (Å²) in [5.41, 5.74) is 11.9. The minimum atomic E-state index is -0.377. The maximum Gasteiger partial charge on any atom is 0.354 e. The number of H-pyrrole nitrogens is 1. The molecule has 0 saturated heterocycles. The van der Waals surface area contributed by atoms with E-state index in [0.717, 1.165) is 59.0 Å². The number of allylic oxidation sites excluding steroid dienone is 1. The fourth-order valence-corrected chi connectivity index (χ4v) is 4.72. The van der Waals surface area contributed by atoms with Crippen LogP contribution in [0.25, 0.3) is 34.1 Å². The summed E-state index contributed by atoms with van der Waals surface area (Å²) in [6, 6.07) is 11.7. The normalized spacial score (nSPS) is 13.9. The van der Waals surface area contributed by atoms with Gasteiger partial charge in [0, 0.05) is 23.2 Å². The first kappa shape index (κ1) is 22.3. The number of fused-ring (bicyclic) bond motifs is 2. The topological polar surface area (TPSA) is 76.7 Å². The molecule has 0 fully saturated rings. The van der Waals surface area contributed by atoms with Crippen LogP contribution in [0.15, 0.2) is 53.5 Å². The maximum atomic E-state index is 15.7. The van der Waals surface area contributed by atoms with Crippen molar-refractivity contribution >= 4 is 17.1 Å². The number of nitrogens with two attached hydrogens (primary N) is 1. The Bertz CT molecular complexity index is 1440. The molecule has 0 amide bonds. The number of halogens is 1. The lowest BCUT2D eigenvalue weighted by Gasteiger charge is -2.19. The van der Waals surface area contributed by atoms with Crippen molar-refractivity contribution in [1.29, 1.82) is 0 Å². The Balaban J connectivity index is 1.59. The highest BCUT2D eigenvalue weighted by Gasteiger charge is 2.21. The van der Waals surface area contributed by atoms with Crippen molar-refractivity contribution in [1.82, 2.24) is 14.5 Å². The summed E-state index contributed by atoms with van der Waals surface area (Å²) < 4.78 is 17.2. The third-order valence-electron chi connectivity index (χ3n) is 6.55.